The molecule has 70 valence electrons. The first-order valence-corrected chi connectivity index (χ1v) is 4.79. The van der Waals surface area contributed by atoms with E-state index in [1.807, 2.05) is 6.07 Å². The third-order valence-electron chi connectivity index (χ3n) is 2.83. The molecule has 0 saturated heterocycles. The lowest BCUT2D eigenvalue weighted by atomic mass is 9.83. The van der Waals surface area contributed by atoms with Crippen molar-refractivity contribution in [3.8, 4) is 0 Å². The van der Waals surface area contributed by atoms with Crippen molar-refractivity contribution in [2.75, 3.05) is 6.54 Å². The summed E-state index contributed by atoms with van der Waals surface area (Å²) in [6.45, 7) is 0.679. The average Bonchev–Trinajstić information content (AvgIpc) is 2.16. The maximum atomic E-state index is 12.9. The zero-order valence-corrected chi connectivity index (χ0v) is 7.59. The summed E-state index contributed by atoms with van der Waals surface area (Å²) in [4.78, 5) is 0. The van der Waals surface area contributed by atoms with E-state index >= 15 is 0 Å². The molecule has 2 heteroatoms. The zero-order valence-electron chi connectivity index (χ0n) is 7.59. The van der Waals surface area contributed by atoms with Gasteiger partial charge >= 0.3 is 0 Å². The Hall–Kier alpha value is -0.890. The van der Waals surface area contributed by atoms with Gasteiger partial charge in [0.05, 0.1) is 0 Å². The average molecular weight is 179 g/mol. The van der Waals surface area contributed by atoms with Crippen molar-refractivity contribution in [3.63, 3.8) is 0 Å². The van der Waals surface area contributed by atoms with E-state index in [0.29, 0.717) is 12.5 Å². The number of aryl methyl sites for hydroxylation is 1. The summed E-state index contributed by atoms with van der Waals surface area (Å²) in [7, 11) is 0. The molecule has 13 heavy (non-hydrogen) atoms. The van der Waals surface area contributed by atoms with Crippen LogP contribution in [0.25, 0.3) is 0 Å². The standard InChI is InChI=1S/C11H14FN/c12-10-4-5-11-8(6-10)2-1-3-9(11)7-13/h4-6,9H,1-3,7,13H2. The van der Waals surface area contributed by atoms with Crippen molar-refractivity contribution in [3.05, 3.63) is 35.1 Å². The molecule has 1 aromatic rings. The second-order valence-corrected chi connectivity index (χ2v) is 3.67. The van der Waals surface area contributed by atoms with Gasteiger partial charge in [-0.05, 0) is 55.0 Å². The molecule has 1 unspecified atom stereocenters. The molecule has 1 nitrogen and oxygen atoms in total. The molecular formula is C11H14FN. The van der Waals surface area contributed by atoms with Gasteiger partial charge in [0.15, 0.2) is 0 Å². The zero-order chi connectivity index (χ0) is 9.26. The minimum Gasteiger partial charge on any atom is -0.330 e. The fourth-order valence-electron chi connectivity index (χ4n) is 2.13. The fraction of sp³-hybridized carbons (Fsp3) is 0.455. The number of hydrogen-bond acceptors (Lipinski definition) is 1. The molecule has 2 rings (SSSR count). The van der Waals surface area contributed by atoms with Crippen LogP contribution in [0.4, 0.5) is 4.39 Å². The second-order valence-electron chi connectivity index (χ2n) is 3.67. The highest BCUT2D eigenvalue weighted by molar-refractivity contribution is 5.33. The van der Waals surface area contributed by atoms with E-state index < -0.39 is 0 Å². The summed E-state index contributed by atoms with van der Waals surface area (Å²) >= 11 is 0. The van der Waals surface area contributed by atoms with E-state index in [-0.39, 0.29) is 5.82 Å². The van der Waals surface area contributed by atoms with Gasteiger partial charge in [0.2, 0.25) is 0 Å². The van der Waals surface area contributed by atoms with Crippen molar-refractivity contribution >= 4 is 0 Å². The summed E-state index contributed by atoms with van der Waals surface area (Å²) in [6, 6.07) is 5.07. The molecule has 1 aliphatic rings. The molecule has 0 aliphatic heterocycles. The van der Waals surface area contributed by atoms with Crippen LogP contribution in [0.15, 0.2) is 18.2 Å². The van der Waals surface area contributed by atoms with Crippen LogP contribution in [0, 0.1) is 5.82 Å². The van der Waals surface area contributed by atoms with Crippen molar-refractivity contribution in [2.24, 2.45) is 5.73 Å². The molecular weight excluding hydrogens is 165 g/mol. The topological polar surface area (TPSA) is 26.0 Å². The Bertz CT molecular complexity index is 309. The largest absolute Gasteiger partial charge is 0.330 e. The lowest BCUT2D eigenvalue weighted by Crippen LogP contribution is -2.18. The van der Waals surface area contributed by atoms with Crippen LogP contribution in [0.2, 0.25) is 0 Å². The lowest BCUT2D eigenvalue weighted by molar-refractivity contribution is 0.552. The summed E-state index contributed by atoms with van der Waals surface area (Å²) < 4.78 is 12.9. The highest BCUT2D eigenvalue weighted by atomic mass is 19.1. The molecule has 0 radical (unpaired) electrons. The number of rotatable bonds is 1. The van der Waals surface area contributed by atoms with Crippen molar-refractivity contribution < 1.29 is 4.39 Å². The van der Waals surface area contributed by atoms with Gasteiger partial charge in [-0.3, -0.25) is 0 Å². The van der Waals surface area contributed by atoms with Crippen molar-refractivity contribution in [1.29, 1.82) is 0 Å². The van der Waals surface area contributed by atoms with Gasteiger partial charge in [0.25, 0.3) is 0 Å². The lowest BCUT2D eigenvalue weighted by Gasteiger charge is -2.24. The van der Waals surface area contributed by atoms with Crippen LogP contribution in [0.3, 0.4) is 0 Å². The number of fused-ring (bicyclic) bond motifs is 1. The fourth-order valence-corrected chi connectivity index (χ4v) is 2.13. The molecule has 1 aromatic carbocycles. The molecule has 1 atom stereocenters. The first-order chi connectivity index (χ1) is 6.31. The molecule has 0 heterocycles. The van der Waals surface area contributed by atoms with E-state index in [9.17, 15) is 4.39 Å². The third-order valence-corrected chi connectivity index (χ3v) is 2.83. The first kappa shape index (κ1) is 8.70. The van der Waals surface area contributed by atoms with Crippen LogP contribution < -0.4 is 5.73 Å². The van der Waals surface area contributed by atoms with E-state index in [1.54, 1.807) is 6.07 Å². The smallest absolute Gasteiger partial charge is 0.123 e. The quantitative estimate of drug-likeness (QED) is 0.702. The van der Waals surface area contributed by atoms with E-state index in [0.717, 1.165) is 24.8 Å². The third kappa shape index (κ3) is 1.59. The van der Waals surface area contributed by atoms with Gasteiger partial charge in [0, 0.05) is 0 Å². The van der Waals surface area contributed by atoms with Gasteiger partial charge < -0.3 is 5.73 Å². The number of halogens is 1. The van der Waals surface area contributed by atoms with Gasteiger partial charge in [-0.1, -0.05) is 6.07 Å². The Labute approximate surface area is 77.8 Å². The van der Waals surface area contributed by atoms with E-state index in [1.165, 1.54) is 11.6 Å². The maximum Gasteiger partial charge on any atom is 0.123 e. The Morgan fingerprint density at radius 2 is 2.31 bits per heavy atom. The van der Waals surface area contributed by atoms with Crippen molar-refractivity contribution in [2.45, 2.75) is 25.2 Å². The summed E-state index contributed by atoms with van der Waals surface area (Å²) in [5, 5.41) is 0. The predicted molar refractivity (Wildman–Crippen MR) is 51.1 cm³/mol. The maximum absolute atomic E-state index is 12.9. The Morgan fingerprint density at radius 3 is 3.08 bits per heavy atom. The molecule has 0 amide bonds. The minimum absolute atomic E-state index is 0.128. The van der Waals surface area contributed by atoms with E-state index in [4.69, 9.17) is 5.73 Å². The molecule has 1 aliphatic carbocycles. The summed E-state index contributed by atoms with van der Waals surface area (Å²) in [6.07, 6.45) is 3.29. The highest BCUT2D eigenvalue weighted by Crippen LogP contribution is 2.30. The summed E-state index contributed by atoms with van der Waals surface area (Å²) in [5.74, 6) is 0.320. The molecule has 0 saturated carbocycles. The first-order valence-electron chi connectivity index (χ1n) is 4.79. The van der Waals surface area contributed by atoms with Crippen molar-refractivity contribution in [1.82, 2.24) is 0 Å². The number of benzene rings is 1. The van der Waals surface area contributed by atoms with Crippen LogP contribution in [0.5, 0.6) is 0 Å². The molecule has 0 bridgehead atoms. The number of nitrogens with two attached hydrogens (primary N) is 1. The Balaban J connectivity index is 2.40. The summed E-state index contributed by atoms with van der Waals surface area (Å²) in [5.41, 5.74) is 8.08. The van der Waals surface area contributed by atoms with Crippen LogP contribution >= 0.6 is 0 Å². The van der Waals surface area contributed by atoms with Crippen LogP contribution in [0.1, 0.15) is 29.9 Å². The predicted octanol–water partition coefficient (Wildman–Crippen LogP) is 2.20. The normalized spacial score (nSPS) is 21.2. The van der Waals surface area contributed by atoms with Crippen LogP contribution in [-0.2, 0) is 6.42 Å². The number of hydrogen-bond donors (Lipinski definition) is 1. The van der Waals surface area contributed by atoms with Gasteiger partial charge in [-0.15, -0.1) is 0 Å². The monoisotopic (exact) mass is 179 g/mol. The highest BCUT2D eigenvalue weighted by Gasteiger charge is 2.18. The molecule has 0 aromatic heterocycles. The molecule has 2 N–H and O–H groups in total. The van der Waals surface area contributed by atoms with Gasteiger partial charge in [-0.25, -0.2) is 4.39 Å². The SMILES string of the molecule is NCC1CCCc2cc(F)ccc21. The van der Waals surface area contributed by atoms with Gasteiger partial charge in [0.1, 0.15) is 5.82 Å². The molecule has 0 spiro atoms. The van der Waals surface area contributed by atoms with Crippen LogP contribution in [-0.4, -0.2) is 6.54 Å². The molecule has 0 fully saturated rings. The second kappa shape index (κ2) is 3.46. The van der Waals surface area contributed by atoms with E-state index in [2.05, 4.69) is 0 Å². The Morgan fingerprint density at radius 1 is 1.46 bits per heavy atom. The van der Waals surface area contributed by atoms with Gasteiger partial charge in [-0.2, -0.15) is 0 Å². The Kier molecular flexibility index (Phi) is 2.32. The minimum atomic E-state index is -0.128.